The lowest BCUT2D eigenvalue weighted by atomic mass is 10.1. The fourth-order valence-electron chi connectivity index (χ4n) is 3.24. The summed E-state index contributed by atoms with van der Waals surface area (Å²) < 4.78 is 15.7. The minimum Gasteiger partial charge on any atom is -0.493 e. The molecule has 0 unspecified atom stereocenters. The smallest absolute Gasteiger partial charge is 0.271 e. The number of hydrazine groups is 1. The van der Waals surface area contributed by atoms with Crippen LogP contribution in [0.15, 0.2) is 60.7 Å². The average Bonchev–Trinajstić information content (AvgIpc) is 2.86. The van der Waals surface area contributed by atoms with Crippen LogP contribution in [0.3, 0.4) is 0 Å². The molecule has 0 radical (unpaired) electrons. The van der Waals surface area contributed by atoms with Gasteiger partial charge in [0.2, 0.25) is 5.75 Å². The second-order valence-electron chi connectivity index (χ2n) is 7.19. The Labute approximate surface area is 197 Å². The molecule has 3 rings (SSSR count). The molecule has 176 valence electrons. The number of anilines is 1. The molecule has 0 spiro atoms. The fraction of sp³-hybridized carbons (Fsp3) is 0.160. The zero-order valence-electron chi connectivity index (χ0n) is 19.2. The van der Waals surface area contributed by atoms with Crippen molar-refractivity contribution in [2.45, 2.75) is 6.92 Å². The topological polar surface area (TPSA) is 115 Å². The van der Waals surface area contributed by atoms with E-state index in [1.165, 1.54) is 39.5 Å². The summed E-state index contributed by atoms with van der Waals surface area (Å²) in [6, 6.07) is 16.5. The Bertz CT molecular complexity index is 1200. The van der Waals surface area contributed by atoms with Crippen molar-refractivity contribution in [1.29, 1.82) is 0 Å². The van der Waals surface area contributed by atoms with E-state index in [2.05, 4.69) is 16.2 Å². The Morgan fingerprint density at radius 3 is 1.94 bits per heavy atom. The number of ether oxygens (including phenoxy) is 3. The van der Waals surface area contributed by atoms with Crippen LogP contribution >= 0.6 is 0 Å². The van der Waals surface area contributed by atoms with E-state index in [1.807, 2.05) is 13.0 Å². The molecule has 0 heterocycles. The third-order valence-electron chi connectivity index (χ3n) is 4.92. The van der Waals surface area contributed by atoms with Crippen molar-refractivity contribution in [3.05, 3.63) is 82.9 Å². The van der Waals surface area contributed by atoms with Crippen LogP contribution in [0.5, 0.6) is 17.2 Å². The van der Waals surface area contributed by atoms with Crippen molar-refractivity contribution in [1.82, 2.24) is 10.9 Å². The normalized spacial score (nSPS) is 10.1. The van der Waals surface area contributed by atoms with Gasteiger partial charge in [-0.05, 0) is 43.3 Å². The first-order valence-corrected chi connectivity index (χ1v) is 10.3. The lowest BCUT2D eigenvalue weighted by molar-refractivity contribution is 0.0846. The fourth-order valence-corrected chi connectivity index (χ4v) is 3.24. The van der Waals surface area contributed by atoms with Crippen LogP contribution in [0, 0.1) is 6.92 Å². The van der Waals surface area contributed by atoms with Crippen molar-refractivity contribution in [2.24, 2.45) is 0 Å². The van der Waals surface area contributed by atoms with Gasteiger partial charge in [-0.3, -0.25) is 25.2 Å². The summed E-state index contributed by atoms with van der Waals surface area (Å²) in [4.78, 5) is 38.0. The third-order valence-corrected chi connectivity index (χ3v) is 4.92. The molecular weight excluding hydrogens is 438 g/mol. The number of benzene rings is 3. The molecule has 0 aliphatic heterocycles. The molecule has 3 aromatic rings. The maximum absolute atomic E-state index is 12.8. The van der Waals surface area contributed by atoms with E-state index in [9.17, 15) is 14.4 Å². The van der Waals surface area contributed by atoms with Gasteiger partial charge < -0.3 is 19.5 Å². The summed E-state index contributed by atoms with van der Waals surface area (Å²) in [6.45, 7) is 1.88. The number of para-hydroxylation sites is 1. The molecule has 0 fully saturated rings. The highest BCUT2D eigenvalue weighted by atomic mass is 16.5. The number of hydrogen-bond donors (Lipinski definition) is 3. The second kappa shape index (κ2) is 10.9. The molecule has 0 aliphatic rings. The Kier molecular flexibility index (Phi) is 7.71. The molecule has 0 aliphatic carbocycles. The molecule has 9 nitrogen and oxygen atoms in total. The highest BCUT2D eigenvalue weighted by Crippen LogP contribution is 2.38. The van der Waals surface area contributed by atoms with Crippen LogP contribution in [0.4, 0.5) is 5.69 Å². The minimum atomic E-state index is -0.610. The Balaban J connectivity index is 1.73. The first-order chi connectivity index (χ1) is 16.4. The van der Waals surface area contributed by atoms with Gasteiger partial charge in [-0.2, -0.15) is 0 Å². The predicted octanol–water partition coefficient (Wildman–Crippen LogP) is 3.35. The maximum atomic E-state index is 12.8. The highest BCUT2D eigenvalue weighted by Gasteiger charge is 2.19. The first kappa shape index (κ1) is 24.1. The van der Waals surface area contributed by atoms with Gasteiger partial charge in [-0.25, -0.2) is 0 Å². The highest BCUT2D eigenvalue weighted by molar-refractivity contribution is 6.09. The second-order valence-corrected chi connectivity index (χ2v) is 7.19. The van der Waals surface area contributed by atoms with Gasteiger partial charge in [-0.1, -0.05) is 29.8 Å². The summed E-state index contributed by atoms with van der Waals surface area (Å²) in [5.74, 6) is -0.644. The summed E-state index contributed by atoms with van der Waals surface area (Å²) in [6.07, 6.45) is 0. The van der Waals surface area contributed by atoms with E-state index in [4.69, 9.17) is 14.2 Å². The lowest BCUT2D eigenvalue weighted by Gasteiger charge is -2.15. The van der Waals surface area contributed by atoms with E-state index < -0.39 is 11.8 Å². The van der Waals surface area contributed by atoms with Gasteiger partial charge in [0, 0.05) is 11.1 Å². The Morgan fingerprint density at radius 2 is 1.32 bits per heavy atom. The summed E-state index contributed by atoms with van der Waals surface area (Å²) in [7, 11) is 4.32. The van der Waals surface area contributed by atoms with Gasteiger partial charge in [0.25, 0.3) is 17.7 Å². The number of amides is 3. The summed E-state index contributed by atoms with van der Waals surface area (Å²) >= 11 is 0. The minimum absolute atomic E-state index is 0.175. The molecule has 9 heteroatoms. The van der Waals surface area contributed by atoms with Crippen molar-refractivity contribution in [3.63, 3.8) is 0 Å². The summed E-state index contributed by atoms with van der Waals surface area (Å²) in [5, 5.41) is 2.74. The predicted molar refractivity (Wildman–Crippen MR) is 127 cm³/mol. The van der Waals surface area contributed by atoms with Crippen LogP contribution in [-0.2, 0) is 0 Å². The molecule has 34 heavy (non-hydrogen) atoms. The number of nitrogens with one attached hydrogen (secondary N) is 3. The molecule has 3 amide bonds. The van der Waals surface area contributed by atoms with Crippen LogP contribution in [-0.4, -0.2) is 39.1 Å². The van der Waals surface area contributed by atoms with Gasteiger partial charge in [0.15, 0.2) is 11.5 Å². The summed E-state index contributed by atoms with van der Waals surface area (Å²) in [5.41, 5.74) is 6.77. The number of carbonyl (C=O) groups is 3. The van der Waals surface area contributed by atoms with Crippen molar-refractivity contribution >= 4 is 23.4 Å². The molecule has 3 aromatic carbocycles. The average molecular weight is 463 g/mol. The molecule has 0 saturated heterocycles. The largest absolute Gasteiger partial charge is 0.493 e. The molecule has 0 atom stereocenters. The van der Waals surface area contributed by atoms with Gasteiger partial charge in [0.05, 0.1) is 32.6 Å². The monoisotopic (exact) mass is 463 g/mol. The van der Waals surface area contributed by atoms with Crippen LogP contribution < -0.4 is 30.4 Å². The number of rotatable bonds is 7. The van der Waals surface area contributed by atoms with Crippen LogP contribution in [0.2, 0.25) is 0 Å². The van der Waals surface area contributed by atoms with Crippen LogP contribution in [0.1, 0.15) is 36.6 Å². The van der Waals surface area contributed by atoms with E-state index >= 15 is 0 Å². The third kappa shape index (κ3) is 5.44. The van der Waals surface area contributed by atoms with Gasteiger partial charge >= 0.3 is 0 Å². The first-order valence-electron chi connectivity index (χ1n) is 10.3. The zero-order valence-corrected chi connectivity index (χ0v) is 19.2. The Morgan fingerprint density at radius 1 is 0.676 bits per heavy atom. The molecule has 0 aromatic heterocycles. The van der Waals surface area contributed by atoms with Gasteiger partial charge in [-0.15, -0.1) is 0 Å². The van der Waals surface area contributed by atoms with E-state index in [0.29, 0.717) is 28.5 Å². The molecule has 0 saturated carbocycles. The number of aryl methyl sites for hydroxylation is 1. The molecular formula is C25H25N3O6. The molecule has 0 bridgehead atoms. The SMILES string of the molecule is COc1cc(C(=O)NNC(=O)c2ccccc2NC(=O)c2cccc(C)c2)cc(OC)c1OC. The maximum Gasteiger partial charge on any atom is 0.271 e. The lowest BCUT2D eigenvalue weighted by Crippen LogP contribution is -2.42. The van der Waals surface area contributed by atoms with Gasteiger partial charge in [0.1, 0.15) is 0 Å². The van der Waals surface area contributed by atoms with E-state index in [-0.39, 0.29) is 17.0 Å². The van der Waals surface area contributed by atoms with Crippen LogP contribution in [0.25, 0.3) is 0 Å². The van der Waals surface area contributed by atoms with E-state index in [0.717, 1.165) is 5.56 Å². The van der Waals surface area contributed by atoms with Crippen molar-refractivity contribution in [2.75, 3.05) is 26.6 Å². The standard InChI is InChI=1S/C25H25N3O6/c1-15-8-7-9-16(12-15)23(29)26-19-11-6-5-10-18(19)25(31)28-27-24(30)17-13-20(32-2)22(34-4)21(14-17)33-3/h5-14H,1-4H3,(H,26,29)(H,27,30)(H,28,31). The Hall–Kier alpha value is -4.53. The number of hydrogen-bond acceptors (Lipinski definition) is 6. The number of methoxy groups -OCH3 is 3. The number of carbonyl (C=O) groups excluding carboxylic acids is 3. The van der Waals surface area contributed by atoms with Crippen molar-refractivity contribution in [3.8, 4) is 17.2 Å². The van der Waals surface area contributed by atoms with E-state index in [1.54, 1.807) is 36.4 Å². The van der Waals surface area contributed by atoms with Crippen molar-refractivity contribution < 1.29 is 28.6 Å². The molecule has 3 N–H and O–H groups in total. The quantitative estimate of drug-likeness (QED) is 0.463. The zero-order chi connectivity index (χ0) is 24.7.